The third-order valence-corrected chi connectivity index (χ3v) is 7.98. The van der Waals surface area contributed by atoms with Gasteiger partial charge in [0.25, 0.3) is 10.0 Å². The normalized spacial score (nSPS) is 12.0. The number of aryl methyl sites for hydroxylation is 1. The molecule has 0 aliphatic carbocycles. The van der Waals surface area contributed by atoms with Crippen LogP contribution in [-0.4, -0.2) is 44.8 Å². The minimum Gasteiger partial charge on any atom is -0.357 e. The van der Waals surface area contributed by atoms with Crippen molar-refractivity contribution in [2.45, 2.75) is 37.8 Å². The SMILES string of the molecule is CC[C@H](C(=O)NC)N(Cc1ccc(C)cc1)C(=O)CN(c1ccc(F)c(Cl)c1)S(=O)(=O)c1ccccc1. The van der Waals surface area contributed by atoms with Crippen LogP contribution in [0.2, 0.25) is 5.02 Å². The molecule has 0 aromatic heterocycles. The van der Waals surface area contributed by atoms with Crippen LogP contribution in [0.25, 0.3) is 0 Å². The molecule has 37 heavy (non-hydrogen) atoms. The number of sulfonamides is 1. The van der Waals surface area contributed by atoms with E-state index in [1.807, 2.05) is 31.2 Å². The van der Waals surface area contributed by atoms with Gasteiger partial charge >= 0.3 is 0 Å². The van der Waals surface area contributed by atoms with Crippen molar-refractivity contribution >= 4 is 39.1 Å². The lowest BCUT2D eigenvalue weighted by Crippen LogP contribution is -2.51. The molecule has 3 rings (SSSR count). The molecule has 0 aliphatic heterocycles. The maximum Gasteiger partial charge on any atom is 0.264 e. The van der Waals surface area contributed by atoms with E-state index in [0.717, 1.165) is 27.6 Å². The van der Waals surface area contributed by atoms with Gasteiger partial charge in [0.1, 0.15) is 18.4 Å². The minimum atomic E-state index is -4.24. The summed E-state index contributed by atoms with van der Waals surface area (Å²) in [5, 5.41) is 2.29. The molecular formula is C27H29ClFN3O4S. The van der Waals surface area contributed by atoms with Gasteiger partial charge in [-0.1, -0.05) is 66.6 Å². The summed E-state index contributed by atoms with van der Waals surface area (Å²) in [5.41, 5.74) is 1.84. The molecular weight excluding hydrogens is 517 g/mol. The summed E-state index contributed by atoms with van der Waals surface area (Å²) in [6.45, 7) is 3.17. The Morgan fingerprint density at radius 3 is 2.24 bits per heavy atom. The highest BCUT2D eigenvalue weighted by atomic mass is 35.5. The van der Waals surface area contributed by atoms with Gasteiger partial charge in [-0.25, -0.2) is 12.8 Å². The number of nitrogens with one attached hydrogen (secondary N) is 1. The van der Waals surface area contributed by atoms with E-state index in [4.69, 9.17) is 11.6 Å². The molecule has 2 amide bonds. The average molecular weight is 546 g/mol. The lowest BCUT2D eigenvalue weighted by molar-refractivity contribution is -0.140. The quantitative estimate of drug-likeness (QED) is 0.405. The second-order valence-corrected chi connectivity index (χ2v) is 10.7. The Hall–Kier alpha value is -3.43. The molecule has 0 aliphatic rings. The molecule has 3 aromatic carbocycles. The molecule has 1 N–H and O–H groups in total. The fourth-order valence-electron chi connectivity index (χ4n) is 3.86. The van der Waals surface area contributed by atoms with Crippen LogP contribution in [0.4, 0.5) is 10.1 Å². The number of rotatable bonds is 10. The van der Waals surface area contributed by atoms with E-state index in [1.165, 1.54) is 30.1 Å². The molecule has 0 fully saturated rings. The lowest BCUT2D eigenvalue weighted by Gasteiger charge is -2.33. The number of nitrogens with zero attached hydrogens (tertiary/aromatic N) is 2. The zero-order valence-electron chi connectivity index (χ0n) is 20.8. The maximum absolute atomic E-state index is 13.9. The lowest BCUT2D eigenvalue weighted by atomic mass is 10.1. The Balaban J connectivity index is 2.06. The minimum absolute atomic E-state index is 0.0203. The molecule has 0 heterocycles. The third kappa shape index (κ3) is 6.67. The van der Waals surface area contributed by atoms with Gasteiger partial charge in [0.2, 0.25) is 11.8 Å². The molecule has 7 nitrogen and oxygen atoms in total. The number of hydrogen-bond donors (Lipinski definition) is 1. The highest BCUT2D eigenvalue weighted by Crippen LogP contribution is 2.28. The second-order valence-electron chi connectivity index (χ2n) is 8.47. The molecule has 196 valence electrons. The summed E-state index contributed by atoms with van der Waals surface area (Å²) in [7, 11) is -2.77. The Morgan fingerprint density at radius 2 is 1.68 bits per heavy atom. The number of benzene rings is 3. The van der Waals surface area contributed by atoms with Crippen LogP contribution < -0.4 is 9.62 Å². The summed E-state index contributed by atoms with van der Waals surface area (Å²) >= 11 is 5.96. The molecule has 0 saturated heterocycles. The number of carbonyl (C=O) groups excluding carboxylic acids is 2. The van der Waals surface area contributed by atoms with Crippen molar-refractivity contribution in [3.05, 3.63) is 94.8 Å². The Labute approximate surface area is 221 Å². The Bertz CT molecular complexity index is 1350. The van der Waals surface area contributed by atoms with E-state index in [2.05, 4.69) is 5.32 Å². The van der Waals surface area contributed by atoms with Crippen LogP contribution in [0, 0.1) is 12.7 Å². The van der Waals surface area contributed by atoms with Gasteiger partial charge in [0.05, 0.1) is 15.6 Å². The van der Waals surface area contributed by atoms with Gasteiger partial charge < -0.3 is 10.2 Å². The highest BCUT2D eigenvalue weighted by Gasteiger charge is 2.33. The summed E-state index contributed by atoms with van der Waals surface area (Å²) < 4.78 is 42.1. The van der Waals surface area contributed by atoms with Gasteiger partial charge in [0, 0.05) is 13.6 Å². The number of likely N-dealkylation sites (N-methyl/N-ethyl adjacent to an activating group) is 1. The standard InChI is InChI=1S/C27H29ClFN3O4S/c1-4-25(27(34)30-3)31(17-20-12-10-19(2)11-13-20)26(33)18-32(21-14-15-24(29)23(28)16-21)37(35,36)22-8-6-5-7-9-22/h5-16,25H,4,17-18H2,1-3H3,(H,30,34)/t25-/m1/s1. The van der Waals surface area contributed by atoms with Crippen LogP contribution >= 0.6 is 11.6 Å². The van der Waals surface area contributed by atoms with Crippen molar-refractivity contribution in [3.63, 3.8) is 0 Å². The van der Waals surface area contributed by atoms with Gasteiger partial charge in [-0.3, -0.25) is 13.9 Å². The first-order valence-corrected chi connectivity index (χ1v) is 13.5. The van der Waals surface area contributed by atoms with Crippen molar-refractivity contribution in [2.24, 2.45) is 0 Å². The number of halogens is 2. The monoisotopic (exact) mass is 545 g/mol. The molecule has 10 heteroatoms. The fraction of sp³-hybridized carbons (Fsp3) is 0.259. The summed E-state index contributed by atoms with van der Waals surface area (Å²) in [5.74, 6) is -1.69. The molecule has 0 unspecified atom stereocenters. The zero-order valence-corrected chi connectivity index (χ0v) is 22.4. The molecule has 0 spiro atoms. The fourth-order valence-corrected chi connectivity index (χ4v) is 5.47. The smallest absolute Gasteiger partial charge is 0.264 e. The number of hydrogen-bond acceptors (Lipinski definition) is 4. The van der Waals surface area contributed by atoms with E-state index >= 15 is 0 Å². The van der Waals surface area contributed by atoms with Gasteiger partial charge in [-0.05, 0) is 49.2 Å². The van der Waals surface area contributed by atoms with E-state index < -0.39 is 34.3 Å². The second kappa shape index (κ2) is 12.2. The number of amides is 2. The van der Waals surface area contributed by atoms with Crippen molar-refractivity contribution in [3.8, 4) is 0 Å². The number of carbonyl (C=O) groups is 2. The molecule has 3 aromatic rings. The van der Waals surface area contributed by atoms with Crippen molar-refractivity contribution < 1.29 is 22.4 Å². The van der Waals surface area contributed by atoms with Crippen LogP contribution in [0.5, 0.6) is 0 Å². The molecule has 0 saturated carbocycles. The first-order chi connectivity index (χ1) is 17.6. The largest absolute Gasteiger partial charge is 0.357 e. The van der Waals surface area contributed by atoms with E-state index in [1.54, 1.807) is 25.1 Å². The van der Waals surface area contributed by atoms with E-state index in [0.29, 0.717) is 6.42 Å². The van der Waals surface area contributed by atoms with E-state index in [-0.39, 0.29) is 28.1 Å². The Kier molecular flexibility index (Phi) is 9.29. The van der Waals surface area contributed by atoms with Crippen LogP contribution in [0.15, 0.2) is 77.7 Å². The maximum atomic E-state index is 13.9. The summed E-state index contributed by atoms with van der Waals surface area (Å²) in [6.07, 6.45) is 0.311. The van der Waals surface area contributed by atoms with Gasteiger partial charge in [-0.15, -0.1) is 0 Å². The first kappa shape index (κ1) is 28.1. The topological polar surface area (TPSA) is 86.8 Å². The van der Waals surface area contributed by atoms with Crippen LogP contribution in [0.3, 0.4) is 0 Å². The van der Waals surface area contributed by atoms with Crippen LogP contribution in [-0.2, 0) is 26.2 Å². The average Bonchev–Trinajstić information content (AvgIpc) is 2.90. The predicted octanol–water partition coefficient (Wildman–Crippen LogP) is 4.54. The van der Waals surface area contributed by atoms with Crippen molar-refractivity contribution in [1.82, 2.24) is 10.2 Å². The van der Waals surface area contributed by atoms with E-state index in [9.17, 15) is 22.4 Å². The third-order valence-electron chi connectivity index (χ3n) is 5.91. The van der Waals surface area contributed by atoms with Crippen molar-refractivity contribution in [1.29, 1.82) is 0 Å². The molecule has 0 radical (unpaired) electrons. The number of anilines is 1. The van der Waals surface area contributed by atoms with Gasteiger partial charge in [0.15, 0.2) is 0 Å². The summed E-state index contributed by atoms with van der Waals surface area (Å²) in [4.78, 5) is 27.8. The van der Waals surface area contributed by atoms with Gasteiger partial charge in [-0.2, -0.15) is 0 Å². The van der Waals surface area contributed by atoms with Crippen molar-refractivity contribution in [2.75, 3.05) is 17.9 Å². The molecule has 1 atom stereocenters. The predicted molar refractivity (Wildman–Crippen MR) is 142 cm³/mol. The molecule has 0 bridgehead atoms. The summed E-state index contributed by atoms with van der Waals surface area (Å²) in [6, 6.07) is 17.7. The highest BCUT2D eigenvalue weighted by molar-refractivity contribution is 7.92. The first-order valence-electron chi connectivity index (χ1n) is 11.7. The zero-order chi connectivity index (χ0) is 27.2. The van der Waals surface area contributed by atoms with Crippen LogP contribution in [0.1, 0.15) is 24.5 Å². The Morgan fingerprint density at radius 1 is 1.03 bits per heavy atom.